The molecule has 1 aliphatic rings. The van der Waals surface area contributed by atoms with Crippen LogP contribution in [0.5, 0.6) is 0 Å². The number of rotatable bonds is 6. The molecule has 0 aromatic heterocycles. The molecule has 1 aromatic rings. The van der Waals surface area contributed by atoms with Gasteiger partial charge < -0.3 is 10.8 Å². The minimum atomic E-state index is 0.0632. The van der Waals surface area contributed by atoms with Crippen LogP contribution in [0.3, 0.4) is 0 Å². The summed E-state index contributed by atoms with van der Waals surface area (Å²) in [6, 6.07) is 9.32. The van der Waals surface area contributed by atoms with Crippen molar-refractivity contribution >= 4 is 0 Å². The van der Waals surface area contributed by atoms with Gasteiger partial charge in [0.05, 0.1) is 12.6 Å². The Morgan fingerprint density at radius 2 is 2.05 bits per heavy atom. The predicted octanol–water partition coefficient (Wildman–Crippen LogP) is 2.23. The molecule has 1 saturated carbocycles. The van der Waals surface area contributed by atoms with Gasteiger partial charge >= 0.3 is 0 Å². The zero-order valence-electron chi connectivity index (χ0n) is 12.0. The van der Waals surface area contributed by atoms with Crippen molar-refractivity contribution in [1.29, 1.82) is 0 Å². The third-order valence-electron chi connectivity index (χ3n) is 4.26. The van der Waals surface area contributed by atoms with Crippen LogP contribution in [0.4, 0.5) is 0 Å². The highest BCUT2D eigenvalue weighted by atomic mass is 16.3. The molecule has 0 radical (unpaired) electrons. The molecule has 1 aromatic carbocycles. The van der Waals surface area contributed by atoms with Gasteiger partial charge in [-0.1, -0.05) is 30.7 Å². The molecule has 1 fully saturated rings. The molecule has 0 saturated heterocycles. The van der Waals surface area contributed by atoms with E-state index in [1.807, 2.05) is 0 Å². The summed E-state index contributed by atoms with van der Waals surface area (Å²) < 4.78 is 0. The lowest BCUT2D eigenvalue weighted by molar-refractivity contribution is 0.0501. The highest BCUT2D eigenvalue weighted by Gasteiger charge is 2.33. The Balaban J connectivity index is 2.29. The number of aliphatic hydroxyl groups is 1. The third-order valence-corrected chi connectivity index (χ3v) is 4.26. The van der Waals surface area contributed by atoms with Crippen molar-refractivity contribution in [3.8, 4) is 0 Å². The maximum Gasteiger partial charge on any atom is 0.0558 e. The average Bonchev–Trinajstić information content (AvgIpc) is 2.29. The summed E-state index contributed by atoms with van der Waals surface area (Å²) in [5.41, 5.74) is 8.85. The summed E-state index contributed by atoms with van der Waals surface area (Å²) in [5.74, 6) is 0. The van der Waals surface area contributed by atoms with Crippen molar-refractivity contribution in [1.82, 2.24) is 4.90 Å². The summed E-state index contributed by atoms with van der Waals surface area (Å²) >= 11 is 0. The molecule has 0 aliphatic heterocycles. The van der Waals surface area contributed by atoms with Crippen LogP contribution in [0.1, 0.15) is 43.4 Å². The summed E-state index contributed by atoms with van der Waals surface area (Å²) in [6.45, 7) is 5.12. The van der Waals surface area contributed by atoms with Gasteiger partial charge in [0.1, 0.15) is 0 Å². The molecule has 3 nitrogen and oxygen atoms in total. The Morgan fingerprint density at radius 3 is 2.53 bits per heavy atom. The van der Waals surface area contributed by atoms with E-state index in [-0.39, 0.29) is 18.7 Å². The van der Waals surface area contributed by atoms with Gasteiger partial charge in [-0.2, -0.15) is 0 Å². The van der Waals surface area contributed by atoms with E-state index in [0.717, 1.165) is 0 Å². The monoisotopic (exact) mass is 262 g/mol. The molecule has 3 heteroatoms. The Kier molecular flexibility index (Phi) is 4.97. The van der Waals surface area contributed by atoms with Crippen molar-refractivity contribution in [2.24, 2.45) is 5.73 Å². The van der Waals surface area contributed by atoms with Gasteiger partial charge in [0.2, 0.25) is 0 Å². The molecular formula is C16H26N2O. The molecule has 2 unspecified atom stereocenters. The van der Waals surface area contributed by atoms with Crippen LogP contribution in [0.15, 0.2) is 24.3 Å². The maximum atomic E-state index is 9.37. The van der Waals surface area contributed by atoms with Gasteiger partial charge in [0, 0.05) is 18.6 Å². The van der Waals surface area contributed by atoms with Crippen LogP contribution in [0.25, 0.3) is 0 Å². The number of aliphatic hydroxyl groups excluding tert-OH is 1. The molecule has 106 valence electrons. The number of hydrogen-bond acceptors (Lipinski definition) is 3. The van der Waals surface area contributed by atoms with E-state index in [2.05, 4.69) is 43.0 Å². The molecule has 0 heterocycles. The highest BCUT2D eigenvalue weighted by molar-refractivity contribution is 5.30. The number of hydrogen-bond donors (Lipinski definition) is 2. The highest BCUT2D eigenvalue weighted by Crippen LogP contribution is 2.34. The minimum absolute atomic E-state index is 0.0632. The molecule has 0 spiro atoms. The van der Waals surface area contributed by atoms with E-state index < -0.39 is 0 Å². The van der Waals surface area contributed by atoms with Crippen LogP contribution in [0, 0.1) is 6.92 Å². The molecule has 2 rings (SSSR count). The number of nitrogens with zero attached hydrogens (tertiary/aromatic N) is 1. The Labute approximate surface area is 116 Å². The quantitative estimate of drug-likeness (QED) is 0.826. The average molecular weight is 262 g/mol. The second kappa shape index (κ2) is 6.51. The summed E-state index contributed by atoms with van der Waals surface area (Å²) in [7, 11) is 0. The standard InChI is InChI=1S/C16H26N2O/c1-12-6-3-4-9-15(12)16(13(2)17)18(10-11-19)14-7-5-8-14/h3-4,6,9,13-14,16,19H,5,7-8,10-11,17H2,1-2H3. The predicted molar refractivity (Wildman–Crippen MR) is 79.0 cm³/mol. The lowest BCUT2D eigenvalue weighted by atomic mass is 9.86. The smallest absolute Gasteiger partial charge is 0.0558 e. The number of aryl methyl sites for hydroxylation is 1. The molecule has 3 N–H and O–H groups in total. The zero-order chi connectivity index (χ0) is 13.8. The first kappa shape index (κ1) is 14.5. The topological polar surface area (TPSA) is 49.5 Å². The zero-order valence-corrected chi connectivity index (χ0v) is 12.0. The van der Waals surface area contributed by atoms with E-state index >= 15 is 0 Å². The number of nitrogens with two attached hydrogens (primary N) is 1. The van der Waals surface area contributed by atoms with Crippen molar-refractivity contribution in [2.45, 2.75) is 51.2 Å². The van der Waals surface area contributed by atoms with E-state index in [4.69, 9.17) is 5.73 Å². The van der Waals surface area contributed by atoms with Crippen molar-refractivity contribution in [2.75, 3.05) is 13.2 Å². The van der Waals surface area contributed by atoms with Crippen molar-refractivity contribution in [3.05, 3.63) is 35.4 Å². The van der Waals surface area contributed by atoms with Gasteiger partial charge in [-0.15, -0.1) is 0 Å². The van der Waals surface area contributed by atoms with Crippen LogP contribution in [-0.2, 0) is 0 Å². The van der Waals surface area contributed by atoms with Crippen LogP contribution >= 0.6 is 0 Å². The summed E-state index contributed by atoms with van der Waals surface area (Å²) in [5, 5.41) is 9.37. The first-order valence-electron chi connectivity index (χ1n) is 7.33. The Morgan fingerprint density at radius 1 is 1.37 bits per heavy atom. The number of benzene rings is 1. The molecule has 19 heavy (non-hydrogen) atoms. The van der Waals surface area contributed by atoms with Crippen LogP contribution < -0.4 is 5.73 Å². The van der Waals surface area contributed by atoms with Gasteiger partial charge in [0.15, 0.2) is 0 Å². The fraction of sp³-hybridized carbons (Fsp3) is 0.625. The molecular weight excluding hydrogens is 236 g/mol. The lowest BCUT2D eigenvalue weighted by Crippen LogP contribution is -2.49. The second-order valence-corrected chi connectivity index (χ2v) is 5.71. The minimum Gasteiger partial charge on any atom is -0.395 e. The Bertz CT molecular complexity index is 401. The first-order valence-corrected chi connectivity index (χ1v) is 7.33. The molecule has 0 amide bonds. The van der Waals surface area contributed by atoms with Crippen molar-refractivity contribution in [3.63, 3.8) is 0 Å². The first-order chi connectivity index (χ1) is 9.15. The van der Waals surface area contributed by atoms with E-state index in [0.29, 0.717) is 12.6 Å². The van der Waals surface area contributed by atoms with Gasteiger partial charge in [-0.3, -0.25) is 4.90 Å². The molecule has 2 atom stereocenters. The van der Waals surface area contributed by atoms with Gasteiger partial charge in [0.25, 0.3) is 0 Å². The van der Waals surface area contributed by atoms with Crippen LogP contribution in [-0.4, -0.2) is 35.2 Å². The summed E-state index contributed by atoms with van der Waals surface area (Å²) in [4.78, 5) is 2.41. The SMILES string of the molecule is Cc1ccccc1C(C(C)N)N(CCO)C1CCC1. The van der Waals surface area contributed by atoms with Gasteiger partial charge in [-0.05, 0) is 37.8 Å². The third kappa shape index (κ3) is 3.16. The van der Waals surface area contributed by atoms with E-state index in [1.54, 1.807) is 0 Å². The fourth-order valence-corrected chi connectivity index (χ4v) is 3.07. The Hall–Kier alpha value is -0.900. The second-order valence-electron chi connectivity index (χ2n) is 5.71. The lowest BCUT2D eigenvalue weighted by Gasteiger charge is -2.44. The van der Waals surface area contributed by atoms with Gasteiger partial charge in [-0.25, -0.2) is 0 Å². The normalized spacial score (nSPS) is 19.2. The molecule has 0 bridgehead atoms. The summed E-state index contributed by atoms with van der Waals surface area (Å²) in [6.07, 6.45) is 3.76. The van der Waals surface area contributed by atoms with E-state index in [1.165, 1.54) is 30.4 Å². The van der Waals surface area contributed by atoms with Crippen LogP contribution in [0.2, 0.25) is 0 Å². The fourth-order valence-electron chi connectivity index (χ4n) is 3.07. The molecule has 1 aliphatic carbocycles. The van der Waals surface area contributed by atoms with Crippen molar-refractivity contribution < 1.29 is 5.11 Å². The van der Waals surface area contributed by atoms with E-state index in [9.17, 15) is 5.11 Å². The largest absolute Gasteiger partial charge is 0.395 e. The maximum absolute atomic E-state index is 9.37.